The highest BCUT2D eigenvalue weighted by Crippen LogP contribution is 2.41. The Labute approximate surface area is 114 Å². The van der Waals surface area contributed by atoms with Gasteiger partial charge in [0.25, 0.3) is 0 Å². The number of aliphatic carboxylic acids is 1. The summed E-state index contributed by atoms with van der Waals surface area (Å²) in [5.41, 5.74) is 1.52. The Kier molecular flexibility index (Phi) is 4.12. The Morgan fingerprint density at radius 1 is 1.37 bits per heavy atom. The quantitative estimate of drug-likeness (QED) is 0.822. The zero-order chi connectivity index (χ0) is 13.9. The van der Waals surface area contributed by atoms with E-state index in [0.29, 0.717) is 5.41 Å². The third-order valence-electron chi connectivity index (χ3n) is 3.90. The van der Waals surface area contributed by atoms with E-state index in [1.807, 2.05) is 6.20 Å². The Morgan fingerprint density at radius 2 is 2.00 bits per heavy atom. The van der Waals surface area contributed by atoms with E-state index in [9.17, 15) is 4.79 Å². The van der Waals surface area contributed by atoms with Crippen LogP contribution in [-0.4, -0.2) is 33.9 Å². The highest BCUT2D eigenvalue weighted by Gasteiger charge is 2.41. The summed E-state index contributed by atoms with van der Waals surface area (Å²) in [6, 6.07) is 0. The van der Waals surface area contributed by atoms with Crippen LogP contribution in [0.25, 0.3) is 0 Å². The summed E-state index contributed by atoms with van der Waals surface area (Å²) in [7, 11) is 0. The standard InChI is InChI=1S/C14H23N3O2/c1-3-5-14(6-4-2)10-16(11-14)12-7-15-17(8-12)9-13(18)19/h7-8H,3-6,9-11H2,1-2H3,(H,18,19). The molecule has 0 aliphatic carbocycles. The molecular formula is C14H23N3O2. The third-order valence-corrected chi connectivity index (χ3v) is 3.90. The Morgan fingerprint density at radius 3 is 2.53 bits per heavy atom. The van der Waals surface area contributed by atoms with Crippen molar-refractivity contribution in [2.75, 3.05) is 18.0 Å². The Balaban J connectivity index is 1.95. The number of anilines is 1. The van der Waals surface area contributed by atoms with Gasteiger partial charge in [0.05, 0.1) is 11.9 Å². The molecule has 5 nitrogen and oxygen atoms in total. The number of carboxylic acids is 1. The molecule has 1 aliphatic rings. The maximum Gasteiger partial charge on any atom is 0.325 e. The monoisotopic (exact) mass is 265 g/mol. The van der Waals surface area contributed by atoms with Crippen molar-refractivity contribution in [2.45, 2.75) is 46.1 Å². The van der Waals surface area contributed by atoms with Gasteiger partial charge in [-0.25, -0.2) is 0 Å². The highest BCUT2D eigenvalue weighted by atomic mass is 16.4. The molecule has 0 radical (unpaired) electrons. The van der Waals surface area contributed by atoms with Gasteiger partial charge in [-0.05, 0) is 12.8 Å². The molecule has 0 spiro atoms. The predicted molar refractivity (Wildman–Crippen MR) is 74.3 cm³/mol. The number of carbonyl (C=O) groups is 1. The van der Waals surface area contributed by atoms with Crippen LogP contribution in [0.15, 0.2) is 12.4 Å². The maximum absolute atomic E-state index is 10.6. The van der Waals surface area contributed by atoms with Crippen molar-refractivity contribution in [1.82, 2.24) is 9.78 Å². The Hall–Kier alpha value is -1.52. The largest absolute Gasteiger partial charge is 0.480 e. The summed E-state index contributed by atoms with van der Waals surface area (Å²) in [5.74, 6) is -0.857. The zero-order valence-corrected chi connectivity index (χ0v) is 11.8. The average molecular weight is 265 g/mol. The van der Waals surface area contributed by atoms with Gasteiger partial charge in [-0.1, -0.05) is 26.7 Å². The first-order valence-corrected chi connectivity index (χ1v) is 7.08. The number of hydrogen-bond acceptors (Lipinski definition) is 3. The van der Waals surface area contributed by atoms with E-state index in [4.69, 9.17) is 5.11 Å². The molecule has 2 rings (SSSR count). The third kappa shape index (κ3) is 3.08. The molecule has 0 unspecified atom stereocenters. The summed E-state index contributed by atoms with van der Waals surface area (Å²) in [6.07, 6.45) is 8.61. The van der Waals surface area contributed by atoms with Gasteiger partial charge in [-0.15, -0.1) is 0 Å². The average Bonchev–Trinajstić information content (AvgIpc) is 2.72. The highest BCUT2D eigenvalue weighted by molar-refractivity contribution is 5.66. The molecule has 1 aromatic heterocycles. The molecule has 1 N–H and O–H groups in total. The first-order chi connectivity index (χ1) is 9.08. The van der Waals surface area contributed by atoms with Gasteiger partial charge < -0.3 is 10.0 Å². The van der Waals surface area contributed by atoms with Gasteiger partial charge in [0.15, 0.2) is 0 Å². The molecule has 1 aliphatic heterocycles. The molecule has 106 valence electrons. The number of aromatic nitrogens is 2. The van der Waals surface area contributed by atoms with Crippen LogP contribution >= 0.6 is 0 Å². The van der Waals surface area contributed by atoms with Crippen molar-refractivity contribution in [3.8, 4) is 0 Å². The molecule has 0 aromatic carbocycles. The second-order valence-corrected chi connectivity index (χ2v) is 5.65. The molecule has 1 saturated heterocycles. The fourth-order valence-corrected chi connectivity index (χ4v) is 3.19. The number of hydrogen-bond donors (Lipinski definition) is 1. The summed E-state index contributed by atoms with van der Waals surface area (Å²) in [4.78, 5) is 12.9. The molecule has 19 heavy (non-hydrogen) atoms. The van der Waals surface area contributed by atoms with Crippen LogP contribution in [0.4, 0.5) is 5.69 Å². The summed E-state index contributed by atoms with van der Waals surface area (Å²) in [5, 5.41) is 12.8. The van der Waals surface area contributed by atoms with Crippen LogP contribution in [0.1, 0.15) is 39.5 Å². The molecule has 1 fully saturated rings. The van der Waals surface area contributed by atoms with Gasteiger partial charge in [0, 0.05) is 24.7 Å². The number of rotatable bonds is 7. The molecule has 0 amide bonds. The van der Waals surface area contributed by atoms with Crippen molar-refractivity contribution in [1.29, 1.82) is 0 Å². The SMILES string of the molecule is CCCC1(CCC)CN(c2cnn(CC(=O)O)c2)C1. The minimum absolute atomic E-state index is 0.0666. The van der Waals surface area contributed by atoms with Gasteiger partial charge in [0.2, 0.25) is 0 Å². The minimum atomic E-state index is -0.857. The minimum Gasteiger partial charge on any atom is -0.480 e. The van der Waals surface area contributed by atoms with E-state index in [1.54, 1.807) is 6.20 Å². The van der Waals surface area contributed by atoms with E-state index in [-0.39, 0.29) is 6.54 Å². The van der Waals surface area contributed by atoms with E-state index in [0.717, 1.165) is 18.8 Å². The van der Waals surface area contributed by atoms with Crippen LogP contribution in [0.2, 0.25) is 0 Å². The van der Waals surface area contributed by atoms with Gasteiger partial charge in [-0.3, -0.25) is 9.48 Å². The second-order valence-electron chi connectivity index (χ2n) is 5.65. The predicted octanol–water partition coefficient (Wildman–Crippen LogP) is 2.37. The van der Waals surface area contributed by atoms with Gasteiger partial charge in [0.1, 0.15) is 6.54 Å². The van der Waals surface area contributed by atoms with E-state index in [2.05, 4.69) is 23.8 Å². The lowest BCUT2D eigenvalue weighted by molar-refractivity contribution is -0.137. The van der Waals surface area contributed by atoms with E-state index >= 15 is 0 Å². The fourth-order valence-electron chi connectivity index (χ4n) is 3.19. The van der Waals surface area contributed by atoms with Crippen molar-refractivity contribution in [3.63, 3.8) is 0 Å². The van der Waals surface area contributed by atoms with Crippen LogP contribution in [-0.2, 0) is 11.3 Å². The summed E-state index contributed by atoms with van der Waals surface area (Å²) >= 11 is 0. The van der Waals surface area contributed by atoms with Crippen molar-refractivity contribution in [2.24, 2.45) is 5.41 Å². The topological polar surface area (TPSA) is 58.4 Å². The molecule has 1 aromatic rings. The molecule has 5 heteroatoms. The van der Waals surface area contributed by atoms with Crippen molar-refractivity contribution < 1.29 is 9.90 Å². The maximum atomic E-state index is 10.6. The molecule has 0 atom stereocenters. The smallest absolute Gasteiger partial charge is 0.325 e. The molecular weight excluding hydrogens is 242 g/mol. The Bertz CT molecular complexity index is 428. The lowest BCUT2D eigenvalue weighted by Gasteiger charge is -2.51. The van der Waals surface area contributed by atoms with Gasteiger partial charge in [-0.2, -0.15) is 5.10 Å². The lowest BCUT2D eigenvalue weighted by Crippen LogP contribution is -2.56. The molecule has 2 heterocycles. The van der Waals surface area contributed by atoms with Crippen molar-refractivity contribution in [3.05, 3.63) is 12.4 Å². The van der Waals surface area contributed by atoms with Crippen LogP contribution in [0.5, 0.6) is 0 Å². The van der Waals surface area contributed by atoms with Crippen LogP contribution < -0.4 is 4.90 Å². The summed E-state index contributed by atoms with van der Waals surface area (Å²) < 4.78 is 1.48. The van der Waals surface area contributed by atoms with Crippen LogP contribution in [0, 0.1) is 5.41 Å². The van der Waals surface area contributed by atoms with Crippen LogP contribution in [0.3, 0.4) is 0 Å². The zero-order valence-electron chi connectivity index (χ0n) is 11.8. The first kappa shape index (κ1) is 13.9. The first-order valence-electron chi connectivity index (χ1n) is 7.08. The second kappa shape index (κ2) is 5.63. The number of nitrogens with zero attached hydrogens (tertiary/aromatic N) is 3. The fraction of sp³-hybridized carbons (Fsp3) is 0.714. The normalized spacial score (nSPS) is 17.3. The molecule has 0 saturated carbocycles. The molecule has 0 bridgehead atoms. The summed E-state index contributed by atoms with van der Waals surface area (Å²) in [6.45, 7) is 6.57. The lowest BCUT2D eigenvalue weighted by atomic mass is 9.72. The number of carboxylic acid groups (broad SMARTS) is 1. The van der Waals surface area contributed by atoms with Crippen molar-refractivity contribution >= 4 is 11.7 Å². The van der Waals surface area contributed by atoms with Gasteiger partial charge >= 0.3 is 5.97 Å². The van der Waals surface area contributed by atoms with E-state index < -0.39 is 5.97 Å². The van der Waals surface area contributed by atoms with E-state index in [1.165, 1.54) is 30.4 Å².